The molecule has 0 spiro atoms. The van der Waals surface area contributed by atoms with E-state index in [2.05, 4.69) is 0 Å². The number of hydrogen-bond acceptors (Lipinski definition) is 5. The standard InChI is InChI=1S/C16H12O5/c17-12(8-7-10-4-3-9-20-10)14-15(18)11-5-1-2-6-13(11)21-16(14)19/h1-6,9,18H,7-8H2. The lowest BCUT2D eigenvalue weighted by Gasteiger charge is -2.05. The van der Waals surface area contributed by atoms with Crippen molar-refractivity contribution < 1.29 is 18.7 Å². The first-order chi connectivity index (χ1) is 10.2. The van der Waals surface area contributed by atoms with Gasteiger partial charge in [0.2, 0.25) is 0 Å². The van der Waals surface area contributed by atoms with Gasteiger partial charge < -0.3 is 13.9 Å². The van der Waals surface area contributed by atoms with Crippen molar-refractivity contribution in [3.05, 3.63) is 64.4 Å². The number of ketones is 1. The number of furan rings is 1. The average molecular weight is 284 g/mol. The maximum absolute atomic E-state index is 12.2. The van der Waals surface area contributed by atoms with E-state index in [9.17, 15) is 14.7 Å². The summed E-state index contributed by atoms with van der Waals surface area (Å²) < 4.78 is 10.2. The summed E-state index contributed by atoms with van der Waals surface area (Å²) in [5.74, 6) is -0.150. The van der Waals surface area contributed by atoms with Gasteiger partial charge in [-0.1, -0.05) is 12.1 Å². The van der Waals surface area contributed by atoms with Crippen molar-refractivity contribution in [1.29, 1.82) is 0 Å². The van der Waals surface area contributed by atoms with E-state index in [-0.39, 0.29) is 23.3 Å². The third-order valence-corrected chi connectivity index (χ3v) is 3.24. The average Bonchev–Trinajstić information content (AvgIpc) is 2.98. The molecule has 1 N–H and O–H groups in total. The number of para-hydroxylation sites is 1. The van der Waals surface area contributed by atoms with Crippen molar-refractivity contribution in [3.63, 3.8) is 0 Å². The number of fused-ring (bicyclic) bond motifs is 1. The van der Waals surface area contributed by atoms with Gasteiger partial charge in [-0.2, -0.15) is 0 Å². The first-order valence-electron chi connectivity index (χ1n) is 6.47. The van der Waals surface area contributed by atoms with E-state index in [0.29, 0.717) is 17.6 Å². The Morgan fingerprint density at radius 1 is 1.14 bits per heavy atom. The summed E-state index contributed by atoms with van der Waals surface area (Å²) >= 11 is 0. The van der Waals surface area contributed by atoms with E-state index < -0.39 is 11.4 Å². The molecule has 0 radical (unpaired) electrons. The van der Waals surface area contributed by atoms with Crippen LogP contribution in [0, 0.1) is 0 Å². The summed E-state index contributed by atoms with van der Waals surface area (Å²) in [4.78, 5) is 24.0. The number of carbonyl (C=O) groups is 1. The minimum atomic E-state index is -0.823. The second-order valence-electron chi connectivity index (χ2n) is 4.61. The summed E-state index contributed by atoms with van der Waals surface area (Å²) in [7, 11) is 0. The zero-order valence-electron chi connectivity index (χ0n) is 11.0. The van der Waals surface area contributed by atoms with Crippen LogP contribution in [-0.2, 0) is 6.42 Å². The summed E-state index contributed by atoms with van der Waals surface area (Å²) in [5, 5.41) is 10.5. The molecule has 0 atom stereocenters. The molecular formula is C16H12O5. The SMILES string of the molecule is O=C(CCc1ccco1)c1c(O)c2ccccc2oc1=O. The van der Waals surface area contributed by atoms with Crippen LogP contribution in [-0.4, -0.2) is 10.9 Å². The van der Waals surface area contributed by atoms with Crippen molar-refractivity contribution in [2.45, 2.75) is 12.8 Å². The second-order valence-corrected chi connectivity index (χ2v) is 4.61. The fourth-order valence-electron chi connectivity index (χ4n) is 2.20. The highest BCUT2D eigenvalue weighted by Gasteiger charge is 2.20. The van der Waals surface area contributed by atoms with E-state index in [1.165, 1.54) is 6.26 Å². The number of carbonyl (C=O) groups excluding carboxylic acids is 1. The maximum Gasteiger partial charge on any atom is 0.351 e. The molecule has 2 heterocycles. The van der Waals surface area contributed by atoms with Gasteiger partial charge in [0.05, 0.1) is 11.6 Å². The van der Waals surface area contributed by atoms with E-state index in [4.69, 9.17) is 8.83 Å². The highest BCUT2D eigenvalue weighted by atomic mass is 16.4. The highest BCUT2D eigenvalue weighted by molar-refractivity contribution is 6.02. The third-order valence-electron chi connectivity index (χ3n) is 3.24. The largest absolute Gasteiger partial charge is 0.506 e. The molecule has 0 saturated heterocycles. The number of rotatable bonds is 4. The van der Waals surface area contributed by atoms with Crippen LogP contribution in [0.1, 0.15) is 22.5 Å². The summed E-state index contributed by atoms with van der Waals surface area (Å²) in [5.41, 5.74) is -0.876. The fraction of sp³-hybridized carbons (Fsp3) is 0.125. The fourth-order valence-corrected chi connectivity index (χ4v) is 2.20. The molecule has 0 saturated carbocycles. The van der Waals surface area contributed by atoms with Crippen LogP contribution >= 0.6 is 0 Å². The van der Waals surface area contributed by atoms with E-state index in [0.717, 1.165) is 0 Å². The number of Topliss-reactive ketones (excluding diaryl/α,β-unsaturated/α-hetero) is 1. The minimum Gasteiger partial charge on any atom is -0.506 e. The molecular weight excluding hydrogens is 272 g/mol. The molecule has 0 aliphatic heterocycles. The summed E-state index contributed by atoms with van der Waals surface area (Å²) in [6.45, 7) is 0. The van der Waals surface area contributed by atoms with Crippen molar-refractivity contribution >= 4 is 16.8 Å². The zero-order chi connectivity index (χ0) is 14.8. The number of aromatic hydroxyl groups is 1. The Balaban J connectivity index is 1.96. The third kappa shape index (κ3) is 2.45. The van der Waals surface area contributed by atoms with Crippen LogP contribution in [0.5, 0.6) is 5.75 Å². The molecule has 0 amide bonds. The molecule has 0 bridgehead atoms. The van der Waals surface area contributed by atoms with Gasteiger partial charge in [-0.3, -0.25) is 4.79 Å². The second kappa shape index (κ2) is 5.28. The van der Waals surface area contributed by atoms with Crippen LogP contribution < -0.4 is 5.63 Å². The van der Waals surface area contributed by atoms with Gasteiger partial charge in [0, 0.05) is 12.8 Å². The zero-order valence-corrected chi connectivity index (χ0v) is 11.0. The topological polar surface area (TPSA) is 80.7 Å². The lowest BCUT2D eigenvalue weighted by Crippen LogP contribution is -2.15. The van der Waals surface area contributed by atoms with Crippen molar-refractivity contribution in [2.24, 2.45) is 0 Å². The maximum atomic E-state index is 12.2. The van der Waals surface area contributed by atoms with E-state index in [1.807, 2.05) is 0 Å². The van der Waals surface area contributed by atoms with E-state index in [1.54, 1.807) is 36.4 Å². The molecule has 0 fully saturated rings. The molecule has 5 nitrogen and oxygen atoms in total. The van der Waals surface area contributed by atoms with Crippen molar-refractivity contribution in [3.8, 4) is 5.75 Å². The predicted octanol–water partition coefficient (Wildman–Crippen LogP) is 2.91. The number of aryl methyl sites for hydroxylation is 1. The first kappa shape index (κ1) is 13.2. The Morgan fingerprint density at radius 2 is 1.95 bits per heavy atom. The van der Waals surface area contributed by atoms with Gasteiger partial charge >= 0.3 is 5.63 Å². The summed E-state index contributed by atoms with van der Waals surface area (Å²) in [6, 6.07) is 10.0. The van der Waals surface area contributed by atoms with Crippen LogP contribution in [0.2, 0.25) is 0 Å². The molecule has 0 aliphatic carbocycles. The molecule has 3 aromatic rings. The van der Waals surface area contributed by atoms with Crippen LogP contribution in [0.3, 0.4) is 0 Å². The monoisotopic (exact) mass is 284 g/mol. The smallest absolute Gasteiger partial charge is 0.351 e. The lowest BCUT2D eigenvalue weighted by atomic mass is 10.0. The molecule has 2 aromatic heterocycles. The van der Waals surface area contributed by atoms with Crippen molar-refractivity contribution in [2.75, 3.05) is 0 Å². The predicted molar refractivity (Wildman–Crippen MR) is 75.5 cm³/mol. The Hall–Kier alpha value is -2.82. The van der Waals surface area contributed by atoms with Crippen LogP contribution in [0.15, 0.2) is 56.3 Å². The Labute approximate surface area is 119 Å². The quantitative estimate of drug-likeness (QED) is 0.588. The molecule has 1 aromatic carbocycles. The van der Waals surface area contributed by atoms with E-state index >= 15 is 0 Å². The molecule has 0 unspecified atom stereocenters. The Bertz CT molecular complexity index is 843. The summed E-state index contributed by atoms with van der Waals surface area (Å²) in [6.07, 6.45) is 1.93. The van der Waals surface area contributed by atoms with Crippen LogP contribution in [0.25, 0.3) is 11.0 Å². The van der Waals surface area contributed by atoms with Crippen LogP contribution in [0.4, 0.5) is 0 Å². The van der Waals surface area contributed by atoms with Gasteiger partial charge in [0.15, 0.2) is 5.78 Å². The molecule has 5 heteroatoms. The lowest BCUT2D eigenvalue weighted by molar-refractivity contribution is 0.0974. The van der Waals surface area contributed by atoms with Gasteiger partial charge in [-0.05, 0) is 24.3 Å². The van der Waals surface area contributed by atoms with Gasteiger partial charge in [-0.25, -0.2) is 4.79 Å². The van der Waals surface area contributed by atoms with Gasteiger partial charge in [-0.15, -0.1) is 0 Å². The normalized spacial score (nSPS) is 10.9. The highest BCUT2D eigenvalue weighted by Crippen LogP contribution is 2.26. The molecule has 0 aliphatic rings. The van der Waals surface area contributed by atoms with Gasteiger partial charge in [0.25, 0.3) is 0 Å². The van der Waals surface area contributed by atoms with Gasteiger partial charge in [0.1, 0.15) is 22.7 Å². The number of hydrogen-bond donors (Lipinski definition) is 1. The molecule has 3 rings (SSSR count). The number of benzene rings is 1. The molecule has 21 heavy (non-hydrogen) atoms. The van der Waals surface area contributed by atoms with Crippen molar-refractivity contribution in [1.82, 2.24) is 0 Å². The first-order valence-corrected chi connectivity index (χ1v) is 6.47. The Kier molecular flexibility index (Phi) is 3.31. The molecule has 106 valence electrons. The minimum absolute atomic E-state index is 0.0597. The Morgan fingerprint density at radius 3 is 2.71 bits per heavy atom.